The summed E-state index contributed by atoms with van der Waals surface area (Å²) in [5.41, 5.74) is 1.45. The Morgan fingerprint density at radius 1 is 1.31 bits per heavy atom. The van der Waals surface area contributed by atoms with E-state index >= 15 is 0 Å². The molecule has 1 aliphatic carbocycles. The Bertz CT molecular complexity index is 294. The van der Waals surface area contributed by atoms with E-state index in [0.717, 1.165) is 12.0 Å². The Hall–Kier alpha value is -0.340. The van der Waals surface area contributed by atoms with Gasteiger partial charge in [0.05, 0.1) is 0 Å². The van der Waals surface area contributed by atoms with E-state index in [1.165, 1.54) is 37.7 Å². The van der Waals surface area contributed by atoms with E-state index in [-0.39, 0.29) is 0 Å². The van der Waals surface area contributed by atoms with Crippen molar-refractivity contribution < 1.29 is 0 Å². The van der Waals surface area contributed by atoms with Gasteiger partial charge in [0.25, 0.3) is 0 Å². The average molecular weight is 237 g/mol. The van der Waals surface area contributed by atoms with Gasteiger partial charge in [-0.25, -0.2) is 0 Å². The molecule has 0 aliphatic heterocycles. The van der Waals surface area contributed by atoms with Crippen LogP contribution in [-0.4, -0.2) is 6.04 Å². The van der Waals surface area contributed by atoms with Crippen LogP contribution in [0.4, 0.5) is 0 Å². The molecule has 1 aromatic heterocycles. The van der Waals surface area contributed by atoms with Crippen LogP contribution >= 0.6 is 11.3 Å². The molecule has 0 amide bonds. The fraction of sp³-hybridized carbons (Fsp3) is 0.714. The summed E-state index contributed by atoms with van der Waals surface area (Å²) in [6.07, 6.45) is 6.93. The molecule has 1 fully saturated rings. The molecule has 3 unspecified atom stereocenters. The Kier molecular flexibility index (Phi) is 4.42. The number of thiophene rings is 1. The summed E-state index contributed by atoms with van der Waals surface area (Å²) in [5, 5.41) is 8.22. The van der Waals surface area contributed by atoms with E-state index in [4.69, 9.17) is 0 Å². The number of hydrogen-bond donors (Lipinski definition) is 1. The molecule has 1 heterocycles. The maximum absolute atomic E-state index is 3.79. The summed E-state index contributed by atoms with van der Waals surface area (Å²) < 4.78 is 0. The van der Waals surface area contributed by atoms with E-state index in [2.05, 4.69) is 36.0 Å². The predicted octanol–water partition coefficient (Wildman–Crippen LogP) is 4.37. The van der Waals surface area contributed by atoms with Gasteiger partial charge in [-0.1, -0.05) is 19.8 Å². The van der Waals surface area contributed by atoms with Crippen molar-refractivity contribution in [1.29, 1.82) is 0 Å². The van der Waals surface area contributed by atoms with Crippen molar-refractivity contribution >= 4 is 11.3 Å². The van der Waals surface area contributed by atoms with E-state index in [9.17, 15) is 0 Å². The summed E-state index contributed by atoms with van der Waals surface area (Å²) in [4.78, 5) is 0. The number of hydrogen-bond acceptors (Lipinski definition) is 2. The van der Waals surface area contributed by atoms with Crippen LogP contribution in [-0.2, 0) is 0 Å². The lowest BCUT2D eigenvalue weighted by Gasteiger charge is -2.21. The molecule has 0 aromatic carbocycles. The van der Waals surface area contributed by atoms with Crippen LogP contribution in [0.2, 0.25) is 0 Å². The van der Waals surface area contributed by atoms with Gasteiger partial charge in [0.1, 0.15) is 0 Å². The highest BCUT2D eigenvalue weighted by Crippen LogP contribution is 2.25. The smallest absolute Gasteiger partial charge is 0.0302 e. The highest BCUT2D eigenvalue weighted by molar-refractivity contribution is 7.07. The molecule has 2 rings (SSSR count). The van der Waals surface area contributed by atoms with Gasteiger partial charge in [-0.15, -0.1) is 0 Å². The van der Waals surface area contributed by atoms with Gasteiger partial charge in [0.2, 0.25) is 0 Å². The third-order valence-electron chi connectivity index (χ3n) is 3.79. The second-order valence-corrected chi connectivity index (χ2v) is 6.04. The minimum absolute atomic E-state index is 0.518. The molecule has 0 saturated heterocycles. The van der Waals surface area contributed by atoms with Crippen LogP contribution in [0.1, 0.15) is 57.6 Å². The fourth-order valence-corrected chi connectivity index (χ4v) is 3.38. The molecule has 1 saturated carbocycles. The van der Waals surface area contributed by atoms with Gasteiger partial charge in [-0.3, -0.25) is 0 Å². The lowest BCUT2D eigenvalue weighted by atomic mass is 10.0. The second kappa shape index (κ2) is 5.83. The number of nitrogens with one attached hydrogen (secondary N) is 1. The topological polar surface area (TPSA) is 12.0 Å². The minimum Gasteiger partial charge on any atom is -0.307 e. The van der Waals surface area contributed by atoms with Crippen molar-refractivity contribution in [1.82, 2.24) is 5.32 Å². The predicted molar refractivity (Wildman–Crippen MR) is 71.9 cm³/mol. The largest absolute Gasteiger partial charge is 0.307 e. The lowest BCUT2D eigenvalue weighted by Crippen LogP contribution is -2.30. The zero-order chi connectivity index (χ0) is 11.4. The molecule has 1 nitrogen and oxygen atoms in total. The van der Waals surface area contributed by atoms with E-state index in [0.29, 0.717) is 6.04 Å². The Morgan fingerprint density at radius 2 is 2.19 bits per heavy atom. The molecule has 3 atom stereocenters. The summed E-state index contributed by atoms with van der Waals surface area (Å²) in [6, 6.07) is 3.49. The second-order valence-electron chi connectivity index (χ2n) is 5.26. The van der Waals surface area contributed by atoms with Gasteiger partial charge in [-0.2, -0.15) is 11.3 Å². The van der Waals surface area contributed by atoms with Crippen molar-refractivity contribution in [2.75, 3.05) is 0 Å². The summed E-state index contributed by atoms with van der Waals surface area (Å²) in [7, 11) is 0. The Labute approximate surface area is 103 Å². The molecule has 16 heavy (non-hydrogen) atoms. The van der Waals surface area contributed by atoms with Crippen LogP contribution in [0.3, 0.4) is 0 Å². The van der Waals surface area contributed by atoms with Crippen molar-refractivity contribution in [3.8, 4) is 0 Å². The monoisotopic (exact) mass is 237 g/mol. The first-order valence-electron chi connectivity index (χ1n) is 6.54. The van der Waals surface area contributed by atoms with Crippen molar-refractivity contribution in [2.24, 2.45) is 5.92 Å². The van der Waals surface area contributed by atoms with Crippen LogP contribution in [0.15, 0.2) is 16.8 Å². The first-order chi connectivity index (χ1) is 7.75. The Balaban J connectivity index is 1.84. The molecule has 90 valence electrons. The maximum Gasteiger partial charge on any atom is 0.0302 e. The van der Waals surface area contributed by atoms with Crippen LogP contribution < -0.4 is 5.32 Å². The molecule has 0 radical (unpaired) electrons. The molecule has 1 aromatic rings. The number of rotatable bonds is 3. The van der Waals surface area contributed by atoms with E-state index in [1.54, 1.807) is 11.3 Å². The lowest BCUT2D eigenvalue weighted by molar-refractivity contribution is 0.408. The fourth-order valence-electron chi connectivity index (χ4n) is 2.62. The van der Waals surface area contributed by atoms with Gasteiger partial charge in [0.15, 0.2) is 0 Å². The minimum atomic E-state index is 0.518. The van der Waals surface area contributed by atoms with Crippen molar-refractivity contribution in [3.05, 3.63) is 22.4 Å². The van der Waals surface area contributed by atoms with E-state index < -0.39 is 0 Å². The highest BCUT2D eigenvalue weighted by atomic mass is 32.1. The molecule has 0 spiro atoms. The zero-order valence-electron chi connectivity index (χ0n) is 10.4. The Morgan fingerprint density at radius 3 is 2.94 bits per heavy atom. The van der Waals surface area contributed by atoms with Crippen LogP contribution in [0, 0.1) is 5.92 Å². The van der Waals surface area contributed by atoms with Gasteiger partial charge < -0.3 is 5.32 Å². The van der Waals surface area contributed by atoms with Gasteiger partial charge >= 0.3 is 0 Å². The summed E-state index contributed by atoms with van der Waals surface area (Å²) >= 11 is 1.79. The zero-order valence-corrected chi connectivity index (χ0v) is 11.2. The third kappa shape index (κ3) is 3.33. The van der Waals surface area contributed by atoms with Gasteiger partial charge in [0, 0.05) is 12.1 Å². The van der Waals surface area contributed by atoms with Crippen LogP contribution in [0.5, 0.6) is 0 Å². The summed E-state index contributed by atoms with van der Waals surface area (Å²) in [5.74, 6) is 0.934. The first-order valence-corrected chi connectivity index (χ1v) is 7.48. The molecular weight excluding hydrogens is 214 g/mol. The molecular formula is C14H23NS. The van der Waals surface area contributed by atoms with Crippen molar-refractivity contribution in [3.63, 3.8) is 0 Å². The van der Waals surface area contributed by atoms with Crippen molar-refractivity contribution in [2.45, 2.75) is 58.0 Å². The third-order valence-corrected chi connectivity index (χ3v) is 4.49. The molecule has 1 aliphatic rings. The van der Waals surface area contributed by atoms with Gasteiger partial charge in [-0.05, 0) is 54.5 Å². The maximum atomic E-state index is 3.79. The normalized spacial score (nSPS) is 28.6. The molecule has 1 N–H and O–H groups in total. The molecule has 0 bridgehead atoms. The van der Waals surface area contributed by atoms with Crippen LogP contribution in [0.25, 0.3) is 0 Å². The quantitative estimate of drug-likeness (QED) is 0.770. The molecule has 2 heteroatoms. The SMILES string of the molecule is CC1CCCC(NC(C)c2ccsc2)CC1. The summed E-state index contributed by atoms with van der Waals surface area (Å²) in [6.45, 7) is 4.68. The standard InChI is InChI=1S/C14H23NS/c1-11-4-3-5-14(7-6-11)15-12(2)13-8-9-16-10-13/h8-12,14-15H,3-7H2,1-2H3. The first kappa shape index (κ1) is 12.1. The average Bonchev–Trinajstić information content (AvgIpc) is 2.72. The highest BCUT2D eigenvalue weighted by Gasteiger charge is 2.18. The van der Waals surface area contributed by atoms with E-state index in [1.807, 2.05) is 0 Å².